The summed E-state index contributed by atoms with van der Waals surface area (Å²) in [7, 11) is 1.55. The molecule has 8 nitrogen and oxygen atoms in total. The van der Waals surface area contributed by atoms with Gasteiger partial charge in [-0.2, -0.15) is 0 Å². The van der Waals surface area contributed by atoms with Gasteiger partial charge in [0.2, 0.25) is 0 Å². The molecule has 4 rings (SSSR count). The van der Waals surface area contributed by atoms with Crippen LogP contribution in [0.4, 0.5) is 10.5 Å². The lowest BCUT2D eigenvalue weighted by Gasteiger charge is -2.14. The molecule has 3 amide bonds. The van der Waals surface area contributed by atoms with E-state index in [-0.39, 0.29) is 36.8 Å². The zero-order valence-corrected chi connectivity index (χ0v) is 22.2. The van der Waals surface area contributed by atoms with Gasteiger partial charge in [0.1, 0.15) is 12.4 Å². The van der Waals surface area contributed by atoms with Gasteiger partial charge in [0.25, 0.3) is 17.1 Å². The highest BCUT2D eigenvalue weighted by atomic mass is 32.2. The van der Waals surface area contributed by atoms with Crippen molar-refractivity contribution in [2.75, 3.05) is 32.2 Å². The van der Waals surface area contributed by atoms with Gasteiger partial charge in [0.15, 0.2) is 18.1 Å². The van der Waals surface area contributed by atoms with Crippen LogP contribution in [0.5, 0.6) is 17.2 Å². The van der Waals surface area contributed by atoms with Gasteiger partial charge in [-0.1, -0.05) is 36.4 Å². The fourth-order valence-electron chi connectivity index (χ4n) is 3.74. The third-order valence-electron chi connectivity index (χ3n) is 5.92. The third-order valence-corrected chi connectivity index (χ3v) is 6.83. The summed E-state index contributed by atoms with van der Waals surface area (Å²) in [4.78, 5) is 39.2. The molecule has 1 fully saturated rings. The van der Waals surface area contributed by atoms with Crippen LogP contribution in [0.25, 0.3) is 6.08 Å². The number of benzene rings is 3. The van der Waals surface area contributed by atoms with Crippen molar-refractivity contribution in [1.29, 1.82) is 0 Å². The van der Waals surface area contributed by atoms with E-state index in [4.69, 9.17) is 14.2 Å². The number of ether oxygens (including phenoxy) is 3. The maximum atomic E-state index is 12.9. The van der Waals surface area contributed by atoms with E-state index in [9.17, 15) is 14.4 Å². The number of para-hydroxylation sites is 2. The highest BCUT2D eigenvalue weighted by molar-refractivity contribution is 8.18. The van der Waals surface area contributed by atoms with Crippen LogP contribution in [0, 0.1) is 13.8 Å². The Kier molecular flexibility index (Phi) is 8.70. The number of hydrogen-bond acceptors (Lipinski definition) is 7. The fourth-order valence-corrected chi connectivity index (χ4v) is 4.61. The molecule has 3 aromatic rings. The lowest BCUT2D eigenvalue weighted by molar-refractivity contribution is -0.123. The van der Waals surface area contributed by atoms with Crippen LogP contribution in [-0.2, 0) is 9.59 Å². The maximum absolute atomic E-state index is 12.9. The highest BCUT2D eigenvalue weighted by Crippen LogP contribution is 2.33. The second kappa shape index (κ2) is 12.3. The van der Waals surface area contributed by atoms with Gasteiger partial charge in [-0.05, 0) is 78.7 Å². The molecule has 0 aromatic heterocycles. The van der Waals surface area contributed by atoms with E-state index in [1.165, 1.54) is 0 Å². The molecule has 0 bridgehead atoms. The SMILES string of the molecule is COc1ccccc1OCCN1C(=O)S/C(=C\c2cccc(OCC(=O)Nc3cccc(C)c3C)c2)C1=O. The van der Waals surface area contributed by atoms with Crippen molar-refractivity contribution in [3.05, 3.63) is 88.3 Å². The monoisotopic (exact) mass is 532 g/mol. The molecule has 1 aliphatic rings. The van der Waals surface area contributed by atoms with Crippen LogP contribution in [-0.4, -0.2) is 48.8 Å². The summed E-state index contributed by atoms with van der Waals surface area (Å²) in [6.07, 6.45) is 1.63. The number of methoxy groups -OCH3 is 1. The first kappa shape index (κ1) is 26.8. The molecule has 1 saturated heterocycles. The minimum atomic E-state index is -0.386. The van der Waals surface area contributed by atoms with Crippen LogP contribution >= 0.6 is 11.8 Å². The van der Waals surface area contributed by atoms with Crippen LogP contribution in [0.3, 0.4) is 0 Å². The number of thioether (sulfide) groups is 1. The van der Waals surface area contributed by atoms with E-state index in [0.29, 0.717) is 27.7 Å². The van der Waals surface area contributed by atoms with Crippen molar-refractivity contribution in [1.82, 2.24) is 4.90 Å². The second-order valence-corrected chi connectivity index (χ2v) is 9.48. The number of amides is 3. The van der Waals surface area contributed by atoms with Crippen molar-refractivity contribution < 1.29 is 28.6 Å². The van der Waals surface area contributed by atoms with Crippen LogP contribution in [0.15, 0.2) is 71.6 Å². The van der Waals surface area contributed by atoms with Crippen LogP contribution < -0.4 is 19.5 Å². The number of imide groups is 1. The Hall–Kier alpha value is -4.24. The fraction of sp³-hybridized carbons (Fsp3) is 0.207. The maximum Gasteiger partial charge on any atom is 0.293 e. The largest absolute Gasteiger partial charge is 0.493 e. The Morgan fingerprint density at radius 1 is 0.974 bits per heavy atom. The van der Waals surface area contributed by atoms with Crippen LogP contribution in [0.2, 0.25) is 0 Å². The molecule has 1 heterocycles. The highest BCUT2D eigenvalue weighted by Gasteiger charge is 2.34. The van der Waals surface area contributed by atoms with Gasteiger partial charge >= 0.3 is 0 Å². The Morgan fingerprint density at radius 3 is 2.53 bits per heavy atom. The number of aryl methyl sites for hydroxylation is 1. The summed E-state index contributed by atoms with van der Waals surface area (Å²) in [6, 6.07) is 19.9. The number of anilines is 1. The normalized spacial score (nSPS) is 14.1. The number of nitrogens with one attached hydrogen (secondary N) is 1. The number of nitrogens with zero attached hydrogens (tertiary/aromatic N) is 1. The molecular formula is C29H28N2O6S. The number of rotatable bonds is 10. The lowest BCUT2D eigenvalue weighted by Crippen LogP contribution is -2.32. The molecule has 0 unspecified atom stereocenters. The Morgan fingerprint density at radius 2 is 1.74 bits per heavy atom. The quantitative estimate of drug-likeness (QED) is 0.347. The van der Waals surface area contributed by atoms with Crippen LogP contribution in [0.1, 0.15) is 16.7 Å². The predicted molar refractivity (Wildman–Crippen MR) is 148 cm³/mol. The average molecular weight is 533 g/mol. The minimum absolute atomic E-state index is 0.110. The van der Waals surface area contributed by atoms with Crippen molar-refractivity contribution in [3.63, 3.8) is 0 Å². The second-order valence-electron chi connectivity index (χ2n) is 8.49. The Bertz CT molecular complexity index is 1390. The summed E-state index contributed by atoms with van der Waals surface area (Å²) in [6.45, 7) is 4.01. The average Bonchev–Trinajstić information content (AvgIpc) is 3.18. The van der Waals surface area contributed by atoms with Gasteiger partial charge in [-0.3, -0.25) is 19.3 Å². The number of carbonyl (C=O) groups excluding carboxylic acids is 3. The first-order chi connectivity index (χ1) is 18.4. The van der Waals surface area contributed by atoms with E-state index in [1.807, 2.05) is 44.2 Å². The van der Waals surface area contributed by atoms with Gasteiger partial charge in [-0.25, -0.2) is 0 Å². The van der Waals surface area contributed by atoms with E-state index in [2.05, 4.69) is 5.32 Å². The topological polar surface area (TPSA) is 94.2 Å². The van der Waals surface area contributed by atoms with Gasteiger partial charge in [0, 0.05) is 5.69 Å². The summed E-state index contributed by atoms with van der Waals surface area (Å²) in [5.41, 5.74) is 3.51. The van der Waals surface area contributed by atoms with E-state index in [0.717, 1.165) is 33.5 Å². The first-order valence-corrected chi connectivity index (χ1v) is 12.8. The standard InChI is InChI=1S/C29H28N2O6S/c1-19-8-6-11-23(20(19)2)30-27(32)18-37-22-10-7-9-21(16-22)17-26-28(33)31(29(34)38-26)14-15-36-25-13-5-4-12-24(25)35-3/h4-13,16-17H,14-15,18H2,1-3H3,(H,30,32)/b26-17-. The molecule has 0 atom stereocenters. The third kappa shape index (κ3) is 6.54. The van der Waals surface area contributed by atoms with Crippen molar-refractivity contribution in [2.24, 2.45) is 0 Å². The van der Waals surface area contributed by atoms with Crippen molar-refractivity contribution in [3.8, 4) is 17.2 Å². The zero-order chi connectivity index (χ0) is 27.1. The molecule has 1 aliphatic heterocycles. The first-order valence-electron chi connectivity index (χ1n) is 12.0. The number of carbonyl (C=O) groups is 3. The Labute approximate surface area is 225 Å². The molecule has 0 aliphatic carbocycles. The zero-order valence-electron chi connectivity index (χ0n) is 21.4. The van der Waals surface area contributed by atoms with Crippen molar-refractivity contribution >= 4 is 40.6 Å². The molecule has 9 heteroatoms. The van der Waals surface area contributed by atoms with E-state index in [1.54, 1.807) is 49.6 Å². The molecule has 196 valence electrons. The summed E-state index contributed by atoms with van der Waals surface area (Å²) < 4.78 is 16.6. The van der Waals surface area contributed by atoms with E-state index < -0.39 is 0 Å². The summed E-state index contributed by atoms with van der Waals surface area (Å²) >= 11 is 0.872. The predicted octanol–water partition coefficient (Wildman–Crippen LogP) is 5.44. The molecular weight excluding hydrogens is 504 g/mol. The summed E-state index contributed by atoms with van der Waals surface area (Å²) in [5, 5.41) is 2.50. The van der Waals surface area contributed by atoms with Gasteiger partial charge in [-0.15, -0.1) is 0 Å². The number of hydrogen-bond donors (Lipinski definition) is 1. The molecule has 0 spiro atoms. The van der Waals surface area contributed by atoms with Gasteiger partial charge in [0.05, 0.1) is 18.6 Å². The Balaban J connectivity index is 1.33. The van der Waals surface area contributed by atoms with Gasteiger partial charge < -0.3 is 19.5 Å². The summed E-state index contributed by atoms with van der Waals surface area (Å²) in [5.74, 6) is 0.922. The minimum Gasteiger partial charge on any atom is -0.493 e. The smallest absolute Gasteiger partial charge is 0.293 e. The molecule has 0 saturated carbocycles. The molecule has 0 radical (unpaired) electrons. The lowest BCUT2D eigenvalue weighted by atomic mass is 10.1. The van der Waals surface area contributed by atoms with Crippen molar-refractivity contribution in [2.45, 2.75) is 13.8 Å². The van der Waals surface area contributed by atoms with E-state index >= 15 is 0 Å². The molecule has 3 aromatic carbocycles. The molecule has 1 N–H and O–H groups in total. The molecule has 38 heavy (non-hydrogen) atoms.